The summed E-state index contributed by atoms with van der Waals surface area (Å²) in [5, 5.41) is 3.94. The zero-order valence-corrected chi connectivity index (χ0v) is 16.5. The van der Waals surface area contributed by atoms with Crippen molar-refractivity contribution in [2.75, 3.05) is 26.2 Å². The number of hydrogen-bond acceptors (Lipinski definition) is 6. The fourth-order valence-electron chi connectivity index (χ4n) is 2.47. The van der Waals surface area contributed by atoms with E-state index < -0.39 is 10.0 Å². The van der Waals surface area contributed by atoms with Crippen LogP contribution >= 0.6 is 27.3 Å². The molecule has 0 N–H and O–H groups in total. The quantitative estimate of drug-likeness (QED) is 0.693. The fourth-order valence-corrected chi connectivity index (χ4v) is 6.06. The predicted molar refractivity (Wildman–Crippen MR) is 96.2 cm³/mol. The number of aromatic nitrogens is 2. The van der Waals surface area contributed by atoms with Gasteiger partial charge in [0.1, 0.15) is 9.90 Å². The highest BCUT2D eigenvalue weighted by atomic mass is 79.9. The lowest BCUT2D eigenvalue weighted by Gasteiger charge is -2.33. The number of halogens is 1. The molecule has 1 amide bonds. The molecule has 0 atom stereocenters. The Kier molecular flexibility index (Phi) is 5.09. The van der Waals surface area contributed by atoms with Gasteiger partial charge < -0.3 is 4.90 Å². The summed E-state index contributed by atoms with van der Waals surface area (Å²) in [6.07, 6.45) is 0. The maximum Gasteiger partial charge on any atom is 0.274 e. The fraction of sp³-hybridized carbons (Fsp3) is 0.357. The lowest BCUT2D eigenvalue weighted by molar-refractivity contribution is 0.0689. The van der Waals surface area contributed by atoms with E-state index in [1.54, 1.807) is 17.0 Å². The Hall–Kier alpha value is -1.56. The summed E-state index contributed by atoms with van der Waals surface area (Å²) in [4.78, 5) is 25.4. The van der Waals surface area contributed by atoms with Gasteiger partial charge in [-0.25, -0.2) is 13.1 Å². The van der Waals surface area contributed by atoms with E-state index in [-0.39, 0.29) is 47.5 Å². The monoisotopic (exact) mass is 446 g/mol. The van der Waals surface area contributed by atoms with Crippen LogP contribution in [0.25, 0.3) is 0 Å². The van der Waals surface area contributed by atoms with Gasteiger partial charge in [-0.3, -0.25) is 9.59 Å². The molecule has 3 rings (SSSR count). The van der Waals surface area contributed by atoms with Crippen LogP contribution in [0.15, 0.2) is 37.1 Å². The SMILES string of the molecule is Cn1nc(C(=O)N2CCN(S(=O)(=O)c3ccc(Br)s3)CC2)ccc1=O. The van der Waals surface area contributed by atoms with Crippen LogP contribution in [0, 0.1) is 0 Å². The second kappa shape index (κ2) is 6.98. The molecule has 1 aliphatic rings. The summed E-state index contributed by atoms with van der Waals surface area (Å²) in [5.41, 5.74) is -0.129. The molecular formula is C14H15BrN4O4S2. The highest BCUT2D eigenvalue weighted by molar-refractivity contribution is 9.11. The number of piperazine rings is 1. The lowest BCUT2D eigenvalue weighted by atomic mass is 10.3. The van der Waals surface area contributed by atoms with E-state index in [4.69, 9.17) is 0 Å². The molecule has 0 aromatic carbocycles. The number of thiophene rings is 1. The Morgan fingerprint density at radius 2 is 1.84 bits per heavy atom. The van der Waals surface area contributed by atoms with Crippen molar-refractivity contribution in [2.24, 2.45) is 7.05 Å². The van der Waals surface area contributed by atoms with Gasteiger partial charge in [-0.05, 0) is 34.1 Å². The van der Waals surface area contributed by atoms with Crippen LogP contribution in [-0.4, -0.2) is 59.5 Å². The van der Waals surface area contributed by atoms with Gasteiger partial charge >= 0.3 is 0 Å². The third-order valence-electron chi connectivity index (χ3n) is 3.85. The van der Waals surface area contributed by atoms with Crippen molar-refractivity contribution in [3.8, 4) is 0 Å². The first kappa shape index (κ1) is 18.2. The Morgan fingerprint density at radius 3 is 2.40 bits per heavy atom. The average Bonchev–Trinajstić information content (AvgIpc) is 3.04. The van der Waals surface area contributed by atoms with Gasteiger partial charge in [0.25, 0.3) is 21.5 Å². The summed E-state index contributed by atoms with van der Waals surface area (Å²) in [6, 6.07) is 5.94. The average molecular weight is 447 g/mol. The largest absolute Gasteiger partial charge is 0.335 e. The number of sulfonamides is 1. The third kappa shape index (κ3) is 3.68. The van der Waals surface area contributed by atoms with Crippen molar-refractivity contribution in [1.82, 2.24) is 19.0 Å². The molecule has 0 unspecified atom stereocenters. The van der Waals surface area contributed by atoms with E-state index in [0.29, 0.717) is 0 Å². The summed E-state index contributed by atoms with van der Waals surface area (Å²) >= 11 is 4.42. The lowest BCUT2D eigenvalue weighted by Crippen LogP contribution is -2.50. The van der Waals surface area contributed by atoms with E-state index in [1.165, 1.54) is 23.5 Å². The molecule has 8 nitrogen and oxygen atoms in total. The molecule has 0 saturated carbocycles. The van der Waals surface area contributed by atoms with Gasteiger partial charge in [-0.15, -0.1) is 11.3 Å². The van der Waals surface area contributed by atoms with Crippen LogP contribution in [-0.2, 0) is 17.1 Å². The van der Waals surface area contributed by atoms with Crippen molar-refractivity contribution in [1.29, 1.82) is 0 Å². The van der Waals surface area contributed by atoms with Crippen LogP contribution in [0.3, 0.4) is 0 Å². The van der Waals surface area contributed by atoms with Gasteiger partial charge in [-0.2, -0.15) is 9.40 Å². The van der Waals surface area contributed by atoms with Crippen LogP contribution in [0.2, 0.25) is 0 Å². The van der Waals surface area contributed by atoms with Crippen LogP contribution in [0.4, 0.5) is 0 Å². The van der Waals surface area contributed by atoms with E-state index in [9.17, 15) is 18.0 Å². The van der Waals surface area contributed by atoms with Crippen molar-refractivity contribution in [3.63, 3.8) is 0 Å². The number of amides is 1. The second-order valence-corrected chi connectivity index (χ2v) is 10.1. The summed E-state index contributed by atoms with van der Waals surface area (Å²) < 4.78 is 28.7. The molecule has 25 heavy (non-hydrogen) atoms. The van der Waals surface area contributed by atoms with Gasteiger partial charge in [-0.1, -0.05) is 0 Å². The van der Waals surface area contributed by atoms with Gasteiger partial charge in [0.15, 0.2) is 0 Å². The molecule has 11 heteroatoms. The molecule has 2 aromatic rings. The number of carbonyl (C=O) groups excluding carboxylic acids is 1. The zero-order valence-electron chi connectivity index (χ0n) is 13.3. The number of carbonyl (C=O) groups is 1. The molecule has 0 bridgehead atoms. The highest BCUT2D eigenvalue weighted by Crippen LogP contribution is 2.29. The number of hydrogen-bond donors (Lipinski definition) is 0. The van der Waals surface area contributed by atoms with Crippen LogP contribution in [0.5, 0.6) is 0 Å². The standard InChI is InChI=1S/C14H15BrN4O4S2/c1-17-12(20)4-2-10(16-17)14(21)18-6-8-19(9-7-18)25(22,23)13-5-3-11(15)24-13/h2-5H,6-9H2,1H3. The Morgan fingerprint density at radius 1 is 1.16 bits per heavy atom. The van der Waals surface area contributed by atoms with E-state index >= 15 is 0 Å². The second-order valence-electron chi connectivity index (χ2n) is 5.44. The maximum absolute atomic E-state index is 12.6. The minimum absolute atomic E-state index is 0.167. The summed E-state index contributed by atoms with van der Waals surface area (Å²) in [7, 11) is -2.07. The number of aryl methyl sites for hydroxylation is 1. The third-order valence-corrected chi connectivity index (χ3v) is 7.84. The van der Waals surface area contributed by atoms with Crippen LogP contribution < -0.4 is 5.56 Å². The smallest absolute Gasteiger partial charge is 0.274 e. The molecule has 134 valence electrons. The van der Waals surface area contributed by atoms with Crippen molar-refractivity contribution < 1.29 is 13.2 Å². The van der Waals surface area contributed by atoms with Crippen molar-refractivity contribution in [2.45, 2.75) is 4.21 Å². The molecule has 1 saturated heterocycles. The van der Waals surface area contributed by atoms with E-state index in [1.807, 2.05) is 0 Å². The van der Waals surface area contributed by atoms with Crippen LogP contribution in [0.1, 0.15) is 10.5 Å². The molecule has 2 aromatic heterocycles. The normalized spacial score (nSPS) is 16.2. The molecular weight excluding hydrogens is 432 g/mol. The topological polar surface area (TPSA) is 92.6 Å². The molecule has 0 radical (unpaired) electrons. The minimum atomic E-state index is -3.54. The predicted octanol–water partition coefficient (Wildman–Crippen LogP) is 0.751. The number of nitrogens with zero attached hydrogens (tertiary/aromatic N) is 4. The summed E-state index contributed by atoms with van der Waals surface area (Å²) in [5.74, 6) is -0.313. The van der Waals surface area contributed by atoms with E-state index in [0.717, 1.165) is 19.8 Å². The molecule has 1 fully saturated rings. The Balaban J connectivity index is 1.70. The first-order valence-electron chi connectivity index (χ1n) is 7.38. The first-order chi connectivity index (χ1) is 11.8. The van der Waals surface area contributed by atoms with Gasteiger partial charge in [0.2, 0.25) is 0 Å². The zero-order chi connectivity index (χ0) is 18.2. The number of rotatable bonds is 3. The molecule has 1 aliphatic heterocycles. The minimum Gasteiger partial charge on any atom is -0.335 e. The van der Waals surface area contributed by atoms with E-state index in [2.05, 4.69) is 21.0 Å². The Bertz CT molecular complexity index is 961. The molecule has 0 aliphatic carbocycles. The maximum atomic E-state index is 12.6. The van der Waals surface area contributed by atoms with Gasteiger partial charge in [0, 0.05) is 39.3 Å². The first-order valence-corrected chi connectivity index (χ1v) is 10.4. The summed E-state index contributed by atoms with van der Waals surface area (Å²) in [6.45, 7) is 0.981. The molecule has 0 spiro atoms. The van der Waals surface area contributed by atoms with Crippen molar-refractivity contribution >= 4 is 43.2 Å². The van der Waals surface area contributed by atoms with Crippen molar-refractivity contribution in [3.05, 3.63) is 44.1 Å². The van der Waals surface area contributed by atoms with Gasteiger partial charge in [0.05, 0.1) is 3.79 Å². The highest BCUT2D eigenvalue weighted by Gasteiger charge is 2.31. The molecule has 3 heterocycles. The Labute approximate surface area is 156 Å².